The summed E-state index contributed by atoms with van der Waals surface area (Å²) >= 11 is 7.61. The van der Waals surface area contributed by atoms with Gasteiger partial charge in [0.15, 0.2) is 0 Å². The molecule has 2 rings (SSSR count). The molecule has 92 valence electrons. The molecule has 2 nitrogen and oxygen atoms in total. The predicted octanol–water partition coefficient (Wildman–Crippen LogP) is 4.31. The van der Waals surface area contributed by atoms with Gasteiger partial charge in [-0.05, 0) is 38.6 Å². The minimum absolute atomic E-state index is 0.176. The molecule has 4 heteroatoms. The number of hydrogen-bond acceptors (Lipinski definition) is 3. The molecule has 17 heavy (non-hydrogen) atoms. The van der Waals surface area contributed by atoms with Crippen LogP contribution in [0.3, 0.4) is 0 Å². The van der Waals surface area contributed by atoms with Gasteiger partial charge in [-0.25, -0.2) is 0 Å². The molecule has 0 fully saturated rings. The summed E-state index contributed by atoms with van der Waals surface area (Å²) in [6.07, 6.45) is 0. The van der Waals surface area contributed by atoms with Gasteiger partial charge in [-0.3, -0.25) is 0 Å². The van der Waals surface area contributed by atoms with Crippen LogP contribution in [0.4, 0.5) is 0 Å². The molecule has 0 amide bonds. The molecule has 0 bridgehead atoms. The Bertz CT molecular complexity index is 503. The van der Waals surface area contributed by atoms with Gasteiger partial charge in [0.05, 0.1) is 10.4 Å². The first-order valence-electron chi connectivity index (χ1n) is 5.67. The highest BCUT2D eigenvalue weighted by Gasteiger charge is 2.19. The average molecular weight is 270 g/mol. The average Bonchev–Trinajstić information content (AvgIpc) is 2.82. The lowest BCUT2D eigenvalue weighted by atomic mass is 10.1. The standard InChI is InChI=1S/C13H16ClNOS/c1-4-15-13(11-5-6-12(14)17-11)10-7-8(2)16-9(10)3/h5-7,13,15H,4H2,1-3H3. The summed E-state index contributed by atoms with van der Waals surface area (Å²) in [5.41, 5.74) is 1.20. The summed E-state index contributed by atoms with van der Waals surface area (Å²) in [5, 5.41) is 3.47. The number of thiophene rings is 1. The van der Waals surface area contributed by atoms with Crippen LogP contribution in [-0.4, -0.2) is 6.54 Å². The minimum atomic E-state index is 0.176. The van der Waals surface area contributed by atoms with E-state index in [1.807, 2.05) is 19.9 Å². The highest BCUT2D eigenvalue weighted by atomic mass is 35.5. The molecular formula is C13H16ClNOS. The van der Waals surface area contributed by atoms with E-state index in [-0.39, 0.29) is 6.04 Å². The molecule has 1 atom stereocenters. The summed E-state index contributed by atoms with van der Waals surface area (Å²) in [6.45, 7) is 6.98. The Morgan fingerprint density at radius 2 is 2.18 bits per heavy atom. The SMILES string of the molecule is CCNC(c1ccc(Cl)s1)c1cc(C)oc1C. The third kappa shape index (κ3) is 2.73. The van der Waals surface area contributed by atoms with Crippen molar-refractivity contribution in [1.82, 2.24) is 5.32 Å². The largest absolute Gasteiger partial charge is 0.466 e. The molecule has 0 aliphatic carbocycles. The van der Waals surface area contributed by atoms with E-state index in [0.717, 1.165) is 22.4 Å². The summed E-state index contributed by atoms with van der Waals surface area (Å²) in [5.74, 6) is 1.92. The molecule has 1 unspecified atom stereocenters. The van der Waals surface area contributed by atoms with Crippen molar-refractivity contribution in [2.24, 2.45) is 0 Å². The van der Waals surface area contributed by atoms with Crippen molar-refractivity contribution in [3.8, 4) is 0 Å². The predicted molar refractivity (Wildman–Crippen MR) is 73.0 cm³/mol. The molecule has 2 aromatic rings. The van der Waals surface area contributed by atoms with Gasteiger partial charge in [-0.2, -0.15) is 0 Å². The van der Waals surface area contributed by atoms with Gasteiger partial charge >= 0.3 is 0 Å². The number of hydrogen-bond donors (Lipinski definition) is 1. The Hall–Kier alpha value is -0.770. The second-order valence-corrected chi connectivity index (χ2v) is 5.75. The first-order chi connectivity index (χ1) is 8.11. The zero-order valence-electron chi connectivity index (χ0n) is 10.2. The molecule has 1 N–H and O–H groups in total. The van der Waals surface area contributed by atoms with E-state index in [0.29, 0.717) is 0 Å². The first kappa shape index (κ1) is 12.7. The number of aryl methyl sites for hydroxylation is 2. The Morgan fingerprint density at radius 1 is 1.41 bits per heavy atom. The van der Waals surface area contributed by atoms with Crippen molar-refractivity contribution in [2.75, 3.05) is 6.54 Å². The van der Waals surface area contributed by atoms with Crippen LogP contribution in [0.1, 0.15) is 34.9 Å². The molecule has 0 radical (unpaired) electrons. The Morgan fingerprint density at radius 3 is 2.65 bits per heavy atom. The van der Waals surface area contributed by atoms with Crippen LogP contribution >= 0.6 is 22.9 Å². The lowest BCUT2D eigenvalue weighted by Crippen LogP contribution is -2.21. The quantitative estimate of drug-likeness (QED) is 0.895. The van der Waals surface area contributed by atoms with Gasteiger partial charge in [0.2, 0.25) is 0 Å². The van der Waals surface area contributed by atoms with Crippen LogP contribution in [0.2, 0.25) is 4.34 Å². The van der Waals surface area contributed by atoms with E-state index in [1.54, 1.807) is 11.3 Å². The highest BCUT2D eigenvalue weighted by Crippen LogP contribution is 2.33. The fraction of sp³-hybridized carbons (Fsp3) is 0.385. The first-order valence-corrected chi connectivity index (χ1v) is 6.86. The van der Waals surface area contributed by atoms with Crippen LogP contribution < -0.4 is 5.32 Å². The highest BCUT2D eigenvalue weighted by molar-refractivity contribution is 7.16. The normalized spacial score (nSPS) is 12.9. The summed E-state index contributed by atoms with van der Waals surface area (Å²) in [7, 11) is 0. The van der Waals surface area contributed by atoms with E-state index in [2.05, 4.69) is 24.4 Å². The fourth-order valence-corrected chi connectivity index (χ4v) is 3.14. The molecule has 0 spiro atoms. The summed E-state index contributed by atoms with van der Waals surface area (Å²) < 4.78 is 6.42. The van der Waals surface area contributed by atoms with Crippen molar-refractivity contribution in [2.45, 2.75) is 26.8 Å². The van der Waals surface area contributed by atoms with Crippen LogP contribution in [0.15, 0.2) is 22.6 Å². The third-order valence-corrected chi connectivity index (χ3v) is 3.97. The third-order valence-electron chi connectivity index (χ3n) is 2.68. The van der Waals surface area contributed by atoms with Gasteiger partial charge in [0.1, 0.15) is 11.5 Å². The van der Waals surface area contributed by atoms with Crippen LogP contribution in [0.5, 0.6) is 0 Å². The van der Waals surface area contributed by atoms with E-state index in [1.165, 1.54) is 10.4 Å². The van der Waals surface area contributed by atoms with Gasteiger partial charge in [0.25, 0.3) is 0 Å². The molecule has 0 aromatic carbocycles. The summed E-state index contributed by atoms with van der Waals surface area (Å²) in [4.78, 5) is 1.22. The van der Waals surface area contributed by atoms with Crippen molar-refractivity contribution < 1.29 is 4.42 Å². The van der Waals surface area contributed by atoms with Gasteiger partial charge in [0, 0.05) is 10.4 Å². The van der Waals surface area contributed by atoms with Crippen molar-refractivity contribution >= 4 is 22.9 Å². The van der Waals surface area contributed by atoms with Crippen LogP contribution in [0.25, 0.3) is 0 Å². The number of rotatable bonds is 4. The van der Waals surface area contributed by atoms with E-state index in [4.69, 9.17) is 16.0 Å². The molecule has 2 aromatic heterocycles. The van der Waals surface area contributed by atoms with Gasteiger partial charge in [-0.1, -0.05) is 18.5 Å². The summed E-state index contributed by atoms with van der Waals surface area (Å²) in [6, 6.07) is 6.28. The smallest absolute Gasteiger partial charge is 0.106 e. The van der Waals surface area contributed by atoms with E-state index >= 15 is 0 Å². The zero-order chi connectivity index (χ0) is 12.4. The second-order valence-electron chi connectivity index (χ2n) is 4.00. The molecule has 0 aliphatic rings. The monoisotopic (exact) mass is 269 g/mol. The Balaban J connectivity index is 2.38. The maximum absolute atomic E-state index is 6.00. The van der Waals surface area contributed by atoms with Crippen LogP contribution in [-0.2, 0) is 0 Å². The molecule has 0 saturated carbocycles. The van der Waals surface area contributed by atoms with Gasteiger partial charge < -0.3 is 9.73 Å². The van der Waals surface area contributed by atoms with E-state index < -0.39 is 0 Å². The second kappa shape index (κ2) is 5.25. The minimum Gasteiger partial charge on any atom is -0.466 e. The Kier molecular flexibility index (Phi) is 3.92. The van der Waals surface area contributed by atoms with Crippen molar-refractivity contribution in [1.29, 1.82) is 0 Å². The molecule has 0 aliphatic heterocycles. The van der Waals surface area contributed by atoms with Crippen molar-refractivity contribution in [3.63, 3.8) is 0 Å². The molecular weight excluding hydrogens is 254 g/mol. The molecule has 0 saturated heterocycles. The van der Waals surface area contributed by atoms with Gasteiger partial charge in [-0.15, -0.1) is 11.3 Å². The Labute approximate surface area is 111 Å². The zero-order valence-corrected chi connectivity index (χ0v) is 11.8. The number of nitrogens with one attached hydrogen (secondary N) is 1. The number of halogens is 1. The molecule has 2 heterocycles. The number of furan rings is 1. The topological polar surface area (TPSA) is 25.2 Å². The maximum Gasteiger partial charge on any atom is 0.106 e. The van der Waals surface area contributed by atoms with Crippen LogP contribution in [0, 0.1) is 13.8 Å². The lowest BCUT2D eigenvalue weighted by Gasteiger charge is -2.15. The fourth-order valence-electron chi connectivity index (χ4n) is 1.99. The van der Waals surface area contributed by atoms with Crippen molar-refractivity contribution in [3.05, 3.63) is 44.5 Å². The maximum atomic E-state index is 6.00. The lowest BCUT2D eigenvalue weighted by molar-refractivity contribution is 0.495. The van der Waals surface area contributed by atoms with E-state index in [9.17, 15) is 0 Å².